The molecule has 3 heterocycles. The summed E-state index contributed by atoms with van der Waals surface area (Å²) in [5.41, 5.74) is 1.13. The third-order valence-electron chi connectivity index (χ3n) is 5.71. The van der Waals surface area contributed by atoms with Crippen molar-refractivity contribution in [1.29, 1.82) is 0 Å². The first-order valence-corrected chi connectivity index (χ1v) is 10.7. The second-order valence-corrected chi connectivity index (χ2v) is 9.13. The average molecular weight is 428 g/mol. The van der Waals surface area contributed by atoms with Crippen LogP contribution in [0.1, 0.15) is 39.8 Å². The molecule has 0 saturated heterocycles. The molecule has 1 N–H and O–H groups in total. The standard InChI is InChI=1S/C21H21FN4O3S/c1-24(2)21-23-15-5-6-25(10-18(15)30-21)17-8-16-12(7-14(17)22)19(27)13(20(28)29)9-26(16)11-3-4-11/h7-9,11H,3-6,10H2,1-2H3,(H,28,29). The molecule has 1 aliphatic heterocycles. The number of carbonyl (C=O) groups is 1. The van der Waals surface area contributed by atoms with Gasteiger partial charge in [-0.15, -0.1) is 0 Å². The number of carboxylic acids is 1. The molecule has 0 radical (unpaired) electrons. The van der Waals surface area contributed by atoms with Crippen LogP contribution in [0.2, 0.25) is 0 Å². The number of pyridine rings is 1. The third kappa shape index (κ3) is 3.04. The maximum absolute atomic E-state index is 15.1. The van der Waals surface area contributed by atoms with E-state index in [0.29, 0.717) is 24.3 Å². The lowest BCUT2D eigenvalue weighted by molar-refractivity contribution is 0.0695. The molecule has 30 heavy (non-hydrogen) atoms. The average Bonchev–Trinajstić information content (AvgIpc) is 3.45. The molecule has 0 spiro atoms. The maximum atomic E-state index is 15.1. The zero-order valence-electron chi connectivity index (χ0n) is 16.7. The number of carboxylic acid groups (broad SMARTS) is 1. The molecule has 0 amide bonds. The molecule has 1 aliphatic carbocycles. The highest BCUT2D eigenvalue weighted by atomic mass is 32.1. The van der Waals surface area contributed by atoms with Crippen LogP contribution in [-0.4, -0.2) is 41.3 Å². The van der Waals surface area contributed by atoms with E-state index in [-0.39, 0.29) is 17.0 Å². The summed E-state index contributed by atoms with van der Waals surface area (Å²) in [6.45, 7) is 1.19. The molecule has 2 aromatic heterocycles. The lowest BCUT2D eigenvalue weighted by atomic mass is 10.1. The Morgan fingerprint density at radius 2 is 2.10 bits per heavy atom. The van der Waals surface area contributed by atoms with Crippen LogP contribution in [0, 0.1) is 5.82 Å². The number of thiazole rings is 1. The van der Waals surface area contributed by atoms with Gasteiger partial charge in [0.1, 0.15) is 11.4 Å². The first-order chi connectivity index (χ1) is 14.3. The van der Waals surface area contributed by atoms with E-state index >= 15 is 4.39 Å². The largest absolute Gasteiger partial charge is 0.477 e. The van der Waals surface area contributed by atoms with E-state index in [4.69, 9.17) is 0 Å². The van der Waals surface area contributed by atoms with E-state index in [1.165, 1.54) is 12.3 Å². The van der Waals surface area contributed by atoms with Gasteiger partial charge in [-0.25, -0.2) is 14.2 Å². The minimum absolute atomic E-state index is 0.119. The molecule has 156 valence electrons. The Hall–Kier alpha value is -2.94. The second-order valence-electron chi connectivity index (χ2n) is 8.07. The van der Waals surface area contributed by atoms with E-state index in [0.717, 1.165) is 35.0 Å². The normalized spacial score (nSPS) is 16.0. The molecule has 1 saturated carbocycles. The lowest BCUT2D eigenvalue weighted by Crippen LogP contribution is -2.30. The van der Waals surface area contributed by atoms with Crippen LogP contribution < -0.4 is 15.2 Å². The zero-order valence-corrected chi connectivity index (χ0v) is 17.5. The van der Waals surface area contributed by atoms with Crippen molar-refractivity contribution in [1.82, 2.24) is 9.55 Å². The smallest absolute Gasteiger partial charge is 0.341 e. The predicted octanol–water partition coefficient (Wildman–Crippen LogP) is 3.26. The number of fused-ring (bicyclic) bond motifs is 2. The minimum atomic E-state index is -1.29. The lowest BCUT2D eigenvalue weighted by Gasteiger charge is -2.29. The van der Waals surface area contributed by atoms with Gasteiger partial charge in [0, 0.05) is 49.6 Å². The van der Waals surface area contributed by atoms with Crippen LogP contribution in [0.3, 0.4) is 0 Å². The van der Waals surface area contributed by atoms with Gasteiger partial charge in [-0.1, -0.05) is 11.3 Å². The molecule has 0 bridgehead atoms. The van der Waals surface area contributed by atoms with Crippen molar-refractivity contribution in [3.8, 4) is 0 Å². The van der Waals surface area contributed by atoms with Crippen molar-refractivity contribution >= 4 is 39.0 Å². The van der Waals surface area contributed by atoms with Crippen LogP contribution in [0.25, 0.3) is 10.9 Å². The number of rotatable bonds is 4. The number of halogens is 1. The highest BCUT2D eigenvalue weighted by Gasteiger charge is 2.29. The molecular weight excluding hydrogens is 407 g/mol. The Morgan fingerprint density at radius 3 is 2.77 bits per heavy atom. The monoisotopic (exact) mass is 428 g/mol. The Labute approximate surface area is 176 Å². The molecule has 5 rings (SSSR count). The van der Waals surface area contributed by atoms with Crippen LogP contribution in [-0.2, 0) is 13.0 Å². The van der Waals surface area contributed by atoms with Crippen molar-refractivity contribution in [2.45, 2.75) is 31.8 Å². The Bertz CT molecular complexity index is 1250. The van der Waals surface area contributed by atoms with E-state index < -0.39 is 17.2 Å². The van der Waals surface area contributed by atoms with E-state index in [1.54, 1.807) is 17.4 Å². The number of hydrogen-bond acceptors (Lipinski definition) is 6. The van der Waals surface area contributed by atoms with Gasteiger partial charge in [-0.05, 0) is 25.0 Å². The van der Waals surface area contributed by atoms with Crippen LogP contribution >= 0.6 is 11.3 Å². The summed E-state index contributed by atoms with van der Waals surface area (Å²) in [7, 11) is 3.90. The Morgan fingerprint density at radius 1 is 1.33 bits per heavy atom. The zero-order chi connectivity index (χ0) is 21.2. The highest BCUT2D eigenvalue weighted by Crippen LogP contribution is 2.39. The summed E-state index contributed by atoms with van der Waals surface area (Å²) in [6.07, 6.45) is 3.98. The number of hydrogen-bond donors (Lipinski definition) is 1. The van der Waals surface area contributed by atoms with Gasteiger partial charge >= 0.3 is 5.97 Å². The van der Waals surface area contributed by atoms with Crippen LogP contribution in [0.15, 0.2) is 23.1 Å². The molecule has 2 aliphatic rings. The Kier molecular flexibility index (Phi) is 4.32. The molecule has 7 nitrogen and oxygen atoms in total. The summed E-state index contributed by atoms with van der Waals surface area (Å²) < 4.78 is 16.9. The minimum Gasteiger partial charge on any atom is -0.477 e. The van der Waals surface area contributed by atoms with Gasteiger partial charge in [0.15, 0.2) is 5.13 Å². The van der Waals surface area contributed by atoms with E-state index in [1.807, 2.05) is 28.5 Å². The quantitative estimate of drug-likeness (QED) is 0.687. The Balaban J connectivity index is 1.61. The summed E-state index contributed by atoms with van der Waals surface area (Å²) >= 11 is 1.61. The molecule has 0 atom stereocenters. The molecule has 9 heteroatoms. The molecule has 1 aromatic carbocycles. The van der Waals surface area contributed by atoms with Crippen LogP contribution in [0.4, 0.5) is 15.2 Å². The molecule has 0 unspecified atom stereocenters. The number of aromatic carboxylic acids is 1. The highest BCUT2D eigenvalue weighted by molar-refractivity contribution is 7.15. The van der Waals surface area contributed by atoms with Gasteiger partial charge in [-0.2, -0.15) is 0 Å². The van der Waals surface area contributed by atoms with Gasteiger partial charge < -0.3 is 19.5 Å². The second kappa shape index (κ2) is 6.80. The summed E-state index contributed by atoms with van der Waals surface area (Å²) in [4.78, 5) is 33.9. The van der Waals surface area contributed by atoms with Crippen LogP contribution in [0.5, 0.6) is 0 Å². The first-order valence-electron chi connectivity index (χ1n) is 9.86. The van der Waals surface area contributed by atoms with Gasteiger partial charge in [0.2, 0.25) is 5.43 Å². The van der Waals surface area contributed by atoms with Gasteiger partial charge in [0.05, 0.1) is 23.4 Å². The summed E-state index contributed by atoms with van der Waals surface area (Å²) in [6, 6.07) is 3.06. The van der Waals surface area contributed by atoms with E-state index in [2.05, 4.69) is 4.98 Å². The van der Waals surface area contributed by atoms with E-state index in [9.17, 15) is 14.7 Å². The molecule has 1 fully saturated rings. The maximum Gasteiger partial charge on any atom is 0.341 e. The summed E-state index contributed by atoms with van der Waals surface area (Å²) in [5, 5.41) is 10.4. The fraction of sp³-hybridized carbons (Fsp3) is 0.381. The van der Waals surface area contributed by atoms with Crippen molar-refractivity contribution < 1.29 is 14.3 Å². The number of nitrogens with zero attached hydrogens (tertiary/aromatic N) is 4. The number of aromatic nitrogens is 2. The topological polar surface area (TPSA) is 78.7 Å². The van der Waals surface area contributed by atoms with Crippen molar-refractivity contribution in [2.75, 3.05) is 30.4 Å². The fourth-order valence-corrected chi connectivity index (χ4v) is 5.03. The third-order valence-corrected chi connectivity index (χ3v) is 6.96. The number of anilines is 2. The SMILES string of the molecule is CN(C)c1nc2c(s1)CN(c1cc3c(cc1F)c(=O)c(C(=O)O)cn3C1CC1)CC2. The van der Waals surface area contributed by atoms with Gasteiger partial charge in [0.25, 0.3) is 0 Å². The summed E-state index contributed by atoms with van der Waals surface area (Å²) in [5.74, 6) is -1.79. The first kappa shape index (κ1) is 19.0. The van der Waals surface area contributed by atoms with Crippen molar-refractivity contribution in [3.05, 3.63) is 50.5 Å². The van der Waals surface area contributed by atoms with Crippen molar-refractivity contribution in [2.24, 2.45) is 0 Å². The molecular formula is C21H21FN4O3S. The molecule has 3 aromatic rings. The van der Waals surface area contributed by atoms with Gasteiger partial charge in [-0.3, -0.25) is 4.79 Å². The van der Waals surface area contributed by atoms with Crippen molar-refractivity contribution in [3.63, 3.8) is 0 Å². The fourth-order valence-electron chi connectivity index (χ4n) is 3.99. The predicted molar refractivity (Wildman–Crippen MR) is 115 cm³/mol. The number of benzene rings is 1.